The van der Waals surface area contributed by atoms with E-state index in [1.165, 1.54) is 23.9 Å². The van der Waals surface area contributed by atoms with E-state index in [-0.39, 0.29) is 17.2 Å². The number of hydrogen-bond acceptors (Lipinski definition) is 4. The van der Waals surface area contributed by atoms with Crippen molar-refractivity contribution < 1.29 is 17.9 Å². The molecule has 0 radical (unpaired) electrons. The molecule has 0 bridgehead atoms. The highest BCUT2D eigenvalue weighted by molar-refractivity contribution is 7.89. The first-order valence-electron chi connectivity index (χ1n) is 4.69. The third kappa shape index (κ3) is 2.42. The zero-order chi connectivity index (χ0) is 12.3. The molecule has 7 heteroatoms. The molecule has 0 saturated heterocycles. The Labute approximate surface area is 94.3 Å². The van der Waals surface area contributed by atoms with Crippen LogP contribution in [0.1, 0.15) is 17.3 Å². The zero-order valence-corrected chi connectivity index (χ0v) is 10.2. The lowest BCUT2D eigenvalue weighted by atomic mass is 10.3. The SMILES string of the molecule is CCOC(=O)c1cc(S(=O)(=O)NC)n(C)c1. The quantitative estimate of drug-likeness (QED) is 0.765. The summed E-state index contributed by atoms with van der Waals surface area (Å²) >= 11 is 0. The lowest BCUT2D eigenvalue weighted by molar-refractivity contribution is 0.0526. The Balaban J connectivity index is 3.13. The third-order valence-electron chi connectivity index (χ3n) is 2.01. The van der Waals surface area contributed by atoms with Crippen LogP contribution < -0.4 is 4.72 Å². The van der Waals surface area contributed by atoms with Crippen LogP contribution in [0.2, 0.25) is 0 Å². The molecule has 0 atom stereocenters. The number of carbonyl (C=O) groups excluding carboxylic acids is 1. The molecule has 0 fully saturated rings. The molecule has 0 aliphatic carbocycles. The average Bonchev–Trinajstić information content (AvgIpc) is 2.61. The maximum atomic E-state index is 11.5. The Hall–Kier alpha value is -1.34. The van der Waals surface area contributed by atoms with Crippen LogP contribution in [0.25, 0.3) is 0 Å². The van der Waals surface area contributed by atoms with Crippen molar-refractivity contribution in [3.8, 4) is 0 Å². The normalized spacial score (nSPS) is 11.4. The van der Waals surface area contributed by atoms with Gasteiger partial charge in [0.1, 0.15) is 0 Å². The van der Waals surface area contributed by atoms with E-state index >= 15 is 0 Å². The number of sulfonamides is 1. The highest BCUT2D eigenvalue weighted by Gasteiger charge is 2.19. The minimum absolute atomic E-state index is 0.0260. The topological polar surface area (TPSA) is 77.4 Å². The summed E-state index contributed by atoms with van der Waals surface area (Å²) in [6.45, 7) is 1.94. The van der Waals surface area contributed by atoms with Crippen LogP contribution in [0.15, 0.2) is 17.3 Å². The van der Waals surface area contributed by atoms with Gasteiger partial charge in [-0.2, -0.15) is 0 Å². The van der Waals surface area contributed by atoms with Crippen LogP contribution in [-0.2, 0) is 21.8 Å². The summed E-state index contributed by atoms with van der Waals surface area (Å²) in [6.07, 6.45) is 1.42. The number of nitrogens with zero attached hydrogens (tertiary/aromatic N) is 1. The monoisotopic (exact) mass is 246 g/mol. The molecule has 0 aliphatic heterocycles. The number of hydrogen-bond donors (Lipinski definition) is 1. The molecule has 1 rings (SSSR count). The summed E-state index contributed by atoms with van der Waals surface area (Å²) in [5.41, 5.74) is 0.221. The van der Waals surface area contributed by atoms with E-state index in [0.29, 0.717) is 0 Å². The number of esters is 1. The zero-order valence-electron chi connectivity index (χ0n) is 9.35. The molecule has 6 nitrogen and oxygen atoms in total. The smallest absolute Gasteiger partial charge is 0.339 e. The summed E-state index contributed by atoms with van der Waals surface area (Å²) in [4.78, 5) is 11.4. The Kier molecular flexibility index (Phi) is 3.71. The number of rotatable bonds is 4. The van der Waals surface area contributed by atoms with Gasteiger partial charge in [0.25, 0.3) is 10.0 Å². The predicted octanol–water partition coefficient (Wildman–Crippen LogP) is 0.110. The van der Waals surface area contributed by atoms with Crippen LogP contribution in [-0.4, -0.2) is 32.6 Å². The summed E-state index contributed by atoms with van der Waals surface area (Å²) in [7, 11) is -0.691. The first kappa shape index (κ1) is 12.7. The van der Waals surface area contributed by atoms with E-state index in [1.807, 2.05) is 0 Å². The van der Waals surface area contributed by atoms with E-state index in [4.69, 9.17) is 4.74 Å². The van der Waals surface area contributed by atoms with Gasteiger partial charge in [0.2, 0.25) is 0 Å². The van der Waals surface area contributed by atoms with Crippen LogP contribution in [0.4, 0.5) is 0 Å². The van der Waals surface area contributed by atoms with Gasteiger partial charge in [-0.3, -0.25) is 0 Å². The maximum Gasteiger partial charge on any atom is 0.339 e. The summed E-state index contributed by atoms with van der Waals surface area (Å²) in [5, 5.41) is 0.0260. The molecule has 90 valence electrons. The molecule has 1 aromatic heterocycles. The molecule has 0 aliphatic rings. The lowest BCUT2D eigenvalue weighted by Crippen LogP contribution is -2.20. The predicted molar refractivity (Wildman–Crippen MR) is 57.6 cm³/mol. The lowest BCUT2D eigenvalue weighted by Gasteiger charge is -2.01. The van der Waals surface area contributed by atoms with Crippen LogP contribution in [0.3, 0.4) is 0 Å². The van der Waals surface area contributed by atoms with Crippen molar-refractivity contribution in [3.05, 3.63) is 17.8 Å². The standard InChI is InChI=1S/C9H14N2O4S/c1-4-15-9(12)7-5-8(11(3)6-7)16(13,14)10-2/h5-6,10H,4H2,1-3H3. The molecule has 1 N–H and O–H groups in total. The van der Waals surface area contributed by atoms with E-state index in [0.717, 1.165) is 0 Å². The van der Waals surface area contributed by atoms with Gasteiger partial charge in [0, 0.05) is 13.2 Å². The Morgan fingerprint density at radius 2 is 2.19 bits per heavy atom. The van der Waals surface area contributed by atoms with Crippen molar-refractivity contribution in [2.75, 3.05) is 13.7 Å². The van der Waals surface area contributed by atoms with Crippen LogP contribution in [0.5, 0.6) is 0 Å². The van der Waals surface area contributed by atoms with Gasteiger partial charge in [-0.15, -0.1) is 0 Å². The second-order valence-electron chi connectivity index (χ2n) is 3.11. The third-order valence-corrected chi connectivity index (χ3v) is 3.51. The van der Waals surface area contributed by atoms with Gasteiger partial charge < -0.3 is 9.30 Å². The Morgan fingerprint density at radius 1 is 1.56 bits per heavy atom. The van der Waals surface area contributed by atoms with Gasteiger partial charge in [0.15, 0.2) is 5.03 Å². The van der Waals surface area contributed by atoms with Crippen molar-refractivity contribution in [1.29, 1.82) is 0 Å². The molecule has 1 heterocycles. The number of aryl methyl sites for hydroxylation is 1. The fourth-order valence-corrected chi connectivity index (χ4v) is 2.17. The summed E-state index contributed by atoms with van der Waals surface area (Å²) in [6, 6.07) is 1.28. The fraction of sp³-hybridized carbons (Fsp3) is 0.444. The fourth-order valence-electron chi connectivity index (χ4n) is 1.24. The Morgan fingerprint density at radius 3 is 2.69 bits per heavy atom. The molecule has 0 amide bonds. The van der Waals surface area contributed by atoms with Gasteiger partial charge in [0.05, 0.1) is 12.2 Å². The van der Waals surface area contributed by atoms with Gasteiger partial charge >= 0.3 is 5.97 Å². The van der Waals surface area contributed by atoms with Crippen molar-refractivity contribution >= 4 is 16.0 Å². The average molecular weight is 246 g/mol. The maximum absolute atomic E-state index is 11.5. The summed E-state index contributed by atoms with van der Waals surface area (Å²) < 4.78 is 31.4. The number of ether oxygens (including phenoxy) is 1. The van der Waals surface area contributed by atoms with Crippen LogP contribution >= 0.6 is 0 Å². The molecule has 0 unspecified atom stereocenters. The molecule has 0 aromatic carbocycles. The van der Waals surface area contributed by atoms with E-state index in [2.05, 4.69) is 4.72 Å². The molecular formula is C9H14N2O4S. The molecule has 0 spiro atoms. The molecule has 1 aromatic rings. The molecule has 0 saturated carbocycles. The van der Waals surface area contributed by atoms with E-state index < -0.39 is 16.0 Å². The molecular weight excluding hydrogens is 232 g/mol. The number of aromatic nitrogens is 1. The van der Waals surface area contributed by atoms with Crippen molar-refractivity contribution in [3.63, 3.8) is 0 Å². The minimum atomic E-state index is -3.55. The van der Waals surface area contributed by atoms with Gasteiger partial charge in [-0.05, 0) is 20.0 Å². The first-order valence-corrected chi connectivity index (χ1v) is 6.17. The highest BCUT2D eigenvalue weighted by atomic mass is 32.2. The largest absolute Gasteiger partial charge is 0.462 e. The minimum Gasteiger partial charge on any atom is -0.462 e. The molecule has 16 heavy (non-hydrogen) atoms. The van der Waals surface area contributed by atoms with Crippen molar-refractivity contribution in [2.45, 2.75) is 11.9 Å². The van der Waals surface area contributed by atoms with Crippen LogP contribution in [0, 0.1) is 0 Å². The number of nitrogens with one attached hydrogen (secondary N) is 1. The van der Waals surface area contributed by atoms with E-state index in [1.54, 1.807) is 14.0 Å². The number of carbonyl (C=O) groups is 1. The van der Waals surface area contributed by atoms with Gasteiger partial charge in [-0.25, -0.2) is 17.9 Å². The second-order valence-corrected chi connectivity index (χ2v) is 4.94. The van der Waals surface area contributed by atoms with Crippen molar-refractivity contribution in [1.82, 2.24) is 9.29 Å². The van der Waals surface area contributed by atoms with Crippen molar-refractivity contribution in [2.24, 2.45) is 7.05 Å². The Bertz CT molecular complexity index is 490. The van der Waals surface area contributed by atoms with Gasteiger partial charge in [-0.1, -0.05) is 0 Å². The highest BCUT2D eigenvalue weighted by Crippen LogP contribution is 2.13. The summed E-state index contributed by atoms with van der Waals surface area (Å²) in [5.74, 6) is -0.532. The van der Waals surface area contributed by atoms with E-state index in [9.17, 15) is 13.2 Å². The second kappa shape index (κ2) is 4.67. The first-order chi connectivity index (χ1) is 7.42.